The zero-order valence-corrected chi connectivity index (χ0v) is 14.6. The van der Waals surface area contributed by atoms with E-state index in [4.69, 9.17) is 0 Å². The highest BCUT2D eigenvalue weighted by Gasteiger charge is 2.39. The number of nitrogens with zero attached hydrogens (tertiary/aromatic N) is 3. The van der Waals surface area contributed by atoms with Crippen LogP contribution in [0.25, 0.3) is 11.5 Å². The summed E-state index contributed by atoms with van der Waals surface area (Å²) in [6.07, 6.45) is 2.56. The standard InChI is InChI=1S/C19H18N6O2/c1-11-9-14(11)18(27)21-13-6-4-5-12(10-13)17(26)23-19-22-16(24-25-19)15-7-2-3-8-20-15/h2-8,10-11,14H,9H2,1H3,(H,21,27)(H2,22,23,24,25,26)/t11-,14-/m1/s1. The number of carbonyl (C=O) groups excluding carboxylic acids is 2. The van der Waals surface area contributed by atoms with E-state index in [1.165, 1.54) is 0 Å². The van der Waals surface area contributed by atoms with Gasteiger partial charge in [0, 0.05) is 23.4 Å². The molecule has 1 aliphatic rings. The average Bonchev–Trinajstić information content (AvgIpc) is 3.24. The first-order valence-electron chi connectivity index (χ1n) is 8.66. The van der Waals surface area contributed by atoms with Crippen LogP contribution in [0.5, 0.6) is 0 Å². The van der Waals surface area contributed by atoms with Gasteiger partial charge in [-0.25, -0.2) is 0 Å². The summed E-state index contributed by atoms with van der Waals surface area (Å²) in [6.45, 7) is 2.05. The second-order valence-corrected chi connectivity index (χ2v) is 6.57. The highest BCUT2D eigenvalue weighted by Crippen LogP contribution is 2.38. The van der Waals surface area contributed by atoms with Crippen molar-refractivity contribution < 1.29 is 9.59 Å². The Labute approximate surface area is 155 Å². The molecule has 2 amide bonds. The minimum absolute atomic E-state index is 0.00553. The molecule has 2 heterocycles. The molecule has 0 spiro atoms. The van der Waals surface area contributed by atoms with E-state index >= 15 is 0 Å². The van der Waals surface area contributed by atoms with Crippen LogP contribution in [0.3, 0.4) is 0 Å². The van der Waals surface area contributed by atoms with E-state index in [0.29, 0.717) is 28.7 Å². The molecule has 0 saturated heterocycles. The Hall–Kier alpha value is -3.55. The molecular weight excluding hydrogens is 344 g/mol. The van der Waals surface area contributed by atoms with Gasteiger partial charge in [-0.15, -0.1) is 5.10 Å². The number of pyridine rings is 1. The van der Waals surface area contributed by atoms with Crippen molar-refractivity contribution in [3.8, 4) is 11.5 Å². The summed E-state index contributed by atoms with van der Waals surface area (Å²) in [5, 5.41) is 12.2. The zero-order chi connectivity index (χ0) is 18.8. The Morgan fingerprint density at radius 2 is 2.00 bits per heavy atom. The molecule has 2 atom stereocenters. The lowest BCUT2D eigenvalue weighted by molar-refractivity contribution is -0.117. The highest BCUT2D eigenvalue weighted by molar-refractivity contribution is 6.04. The van der Waals surface area contributed by atoms with Crippen molar-refractivity contribution in [3.63, 3.8) is 0 Å². The smallest absolute Gasteiger partial charge is 0.258 e. The second kappa shape index (κ2) is 6.99. The van der Waals surface area contributed by atoms with Crippen molar-refractivity contribution in [2.75, 3.05) is 10.6 Å². The van der Waals surface area contributed by atoms with Crippen molar-refractivity contribution in [1.82, 2.24) is 20.2 Å². The fraction of sp³-hybridized carbons (Fsp3) is 0.211. The van der Waals surface area contributed by atoms with Crippen LogP contribution in [0.4, 0.5) is 11.6 Å². The Bertz CT molecular complexity index is 985. The molecule has 1 aromatic carbocycles. The number of anilines is 2. The lowest BCUT2D eigenvalue weighted by Gasteiger charge is -2.07. The van der Waals surface area contributed by atoms with Gasteiger partial charge in [-0.3, -0.25) is 25.0 Å². The maximum absolute atomic E-state index is 12.5. The Morgan fingerprint density at radius 1 is 1.15 bits per heavy atom. The van der Waals surface area contributed by atoms with Crippen LogP contribution >= 0.6 is 0 Å². The Balaban J connectivity index is 1.43. The minimum atomic E-state index is -0.363. The Kier molecular flexibility index (Phi) is 4.37. The van der Waals surface area contributed by atoms with E-state index in [2.05, 4.69) is 30.8 Å². The quantitative estimate of drug-likeness (QED) is 0.646. The molecule has 8 nitrogen and oxygen atoms in total. The van der Waals surface area contributed by atoms with Crippen LogP contribution < -0.4 is 10.6 Å². The lowest BCUT2D eigenvalue weighted by Crippen LogP contribution is -2.16. The molecule has 0 aliphatic heterocycles. The molecule has 0 unspecified atom stereocenters. The molecular formula is C19H18N6O2. The van der Waals surface area contributed by atoms with Crippen LogP contribution in [-0.2, 0) is 4.79 Å². The third kappa shape index (κ3) is 3.84. The number of amides is 2. The number of H-pyrrole nitrogens is 1. The first-order valence-corrected chi connectivity index (χ1v) is 8.66. The number of benzene rings is 1. The molecule has 1 fully saturated rings. The van der Waals surface area contributed by atoms with Crippen LogP contribution in [0.15, 0.2) is 48.7 Å². The summed E-state index contributed by atoms with van der Waals surface area (Å²) in [5.41, 5.74) is 1.63. The third-order valence-corrected chi connectivity index (χ3v) is 4.46. The highest BCUT2D eigenvalue weighted by atomic mass is 16.2. The molecule has 0 bridgehead atoms. The van der Waals surface area contributed by atoms with Gasteiger partial charge in [-0.05, 0) is 42.7 Å². The number of carbonyl (C=O) groups is 2. The van der Waals surface area contributed by atoms with Crippen molar-refractivity contribution in [2.45, 2.75) is 13.3 Å². The molecule has 2 aromatic heterocycles. The predicted octanol–water partition coefficient (Wildman–Crippen LogP) is 2.71. The van der Waals surface area contributed by atoms with E-state index in [1.807, 2.05) is 13.0 Å². The van der Waals surface area contributed by atoms with Gasteiger partial charge in [0.25, 0.3) is 5.91 Å². The average molecular weight is 362 g/mol. The molecule has 136 valence electrons. The molecule has 1 aliphatic carbocycles. The van der Waals surface area contributed by atoms with Crippen LogP contribution in [0, 0.1) is 11.8 Å². The van der Waals surface area contributed by atoms with Gasteiger partial charge in [0.15, 0.2) is 5.82 Å². The van der Waals surface area contributed by atoms with E-state index in [1.54, 1.807) is 42.6 Å². The van der Waals surface area contributed by atoms with Crippen LogP contribution in [0.1, 0.15) is 23.7 Å². The fourth-order valence-corrected chi connectivity index (χ4v) is 2.77. The summed E-state index contributed by atoms with van der Waals surface area (Å²) in [5.74, 6) is 0.745. The maximum Gasteiger partial charge on any atom is 0.258 e. The first kappa shape index (κ1) is 16.9. The van der Waals surface area contributed by atoms with Crippen LogP contribution in [-0.4, -0.2) is 32.0 Å². The third-order valence-electron chi connectivity index (χ3n) is 4.46. The molecule has 4 rings (SSSR count). The topological polar surface area (TPSA) is 113 Å². The number of rotatable bonds is 5. The summed E-state index contributed by atoms with van der Waals surface area (Å²) in [7, 11) is 0. The van der Waals surface area contributed by atoms with Gasteiger partial charge in [-0.1, -0.05) is 19.1 Å². The molecule has 8 heteroatoms. The van der Waals surface area contributed by atoms with E-state index in [0.717, 1.165) is 6.42 Å². The number of aromatic amines is 1. The predicted molar refractivity (Wildman–Crippen MR) is 99.9 cm³/mol. The van der Waals surface area contributed by atoms with Crippen LogP contribution in [0.2, 0.25) is 0 Å². The van der Waals surface area contributed by atoms with Crippen molar-refractivity contribution in [3.05, 3.63) is 54.2 Å². The minimum Gasteiger partial charge on any atom is -0.326 e. The maximum atomic E-state index is 12.5. The van der Waals surface area contributed by atoms with Gasteiger partial charge < -0.3 is 5.32 Å². The van der Waals surface area contributed by atoms with Crippen molar-refractivity contribution in [2.24, 2.45) is 11.8 Å². The largest absolute Gasteiger partial charge is 0.326 e. The van der Waals surface area contributed by atoms with Gasteiger partial charge >= 0.3 is 0 Å². The monoisotopic (exact) mass is 362 g/mol. The summed E-state index contributed by atoms with van der Waals surface area (Å²) in [4.78, 5) is 32.9. The lowest BCUT2D eigenvalue weighted by atomic mass is 10.2. The van der Waals surface area contributed by atoms with Gasteiger partial charge in [-0.2, -0.15) is 4.98 Å². The number of hydrogen-bond donors (Lipinski definition) is 3. The van der Waals surface area contributed by atoms with E-state index in [9.17, 15) is 9.59 Å². The fourth-order valence-electron chi connectivity index (χ4n) is 2.77. The molecule has 3 aromatic rings. The molecule has 3 N–H and O–H groups in total. The molecule has 1 saturated carbocycles. The summed E-state index contributed by atoms with van der Waals surface area (Å²) < 4.78 is 0. The summed E-state index contributed by atoms with van der Waals surface area (Å²) in [6, 6.07) is 12.2. The normalized spacial score (nSPS) is 18.0. The zero-order valence-electron chi connectivity index (χ0n) is 14.6. The van der Waals surface area contributed by atoms with Crippen molar-refractivity contribution in [1.29, 1.82) is 0 Å². The number of hydrogen-bond acceptors (Lipinski definition) is 5. The molecule has 27 heavy (non-hydrogen) atoms. The Morgan fingerprint density at radius 3 is 2.74 bits per heavy atom. The number of aromatic nitrogens is 4. The first-order chi connectivity index (χ1) is 13.1. The van der Waals surface area contributed by atoms with E-state index in [-0.39, 0.29) is 23.7 Å². The van der Waals surface area contributed by atoms with Crippen molar-refractivity contribution >= 4 is 23.5 Å². The van der Waals surface area contributed by atoms with Gasteiger partial charge in [0.05, 0.1) is 0 Å². The molecule has 0 radical (unpaired) electrons. The second-order valence-electron chi connectivity index (χ2n) is 6.57. The number of nitrogens with one attached hydrogen (secondary N) is 3. The summed E-state index contributed by atoms with van der Waals surface area (Å²) >= 11 is 0. The SMILES string of the molecule is C[C@@H]1C[C@H]1C(=O)Nc1cccc(C(=O)Nc2n[nH]c(-c3ccccn3)n2)c1. The van der Waals surface area contributed by atoms with E-state index < -0.39 is 0 Å². The van der Waals surface area contributed by atoms with Gasteiger partial charge in [0.1, 0.15) is 5.69 Å². The van der Waals surface area contributed by atoms with Gasteiger partial charge in [0.2, 0.25) is 11.9 Å².